The average Bonchev–Trinajstić information content (AvgIpc) is 2.72. The second-order valence-electron chi connectivity index (χ2n) is 5.87. The summed E-state index contributed by atoms with van der Waals surface area (Å²) in [6.45, 7) is 0.478. The predicted molar refractivity (Wildman–Crippen MR) is 108 cm³/mol. The number of ether oxygens (including phenoxy) is 2. The number of benzene rings is 3. The molecular weight excluding hydrogens is 338 g/mol. The van der Waals surface area contributed by atoms with E-state index in [1.807, 2.05) is 72.8 Å². The maximum Gasteiger partial charge on any atom is 0.248 e. The van der Waals surface area contributed by atoms with Crippen LogP contribution in [0.5, 0.6) is 11.5 Å². The molecule has 3 aromatic rings. The molecule has 0 fully saturated rings. The molecule has 3 rings (SSSR count). The molecule has 0 radical (unpaired) electrons. The monoisotopic (exact) mass is 359 g/mol. The third kappa shape index (κ3) is 5.47. The number of rotatable bonds is 7. The molecule has 3 aromatic carbocycles. The molecule has 1 N–H and O–H groups in total. The topological polar surface area (TPSA) is 47.6 Å². The first-order chi connectivity index (χ1) is 13.2. The van der Waals surface area contributed by atoms with E-state index in [2.05, 4.69) is 5.32 Å². The lowest BCUT2D eigenvalue weighted by Crippen LogP contribution is -2.07. The van der Waals surface area contributed by atoms with Gasteiger partial charge in [0.2, 0.25) is 5.91 Å². The first-order valence-electron chi connectivity index (χ1n) is 8.63. The van der Waals surface area contributed by atoms with Crippen LogP contribution in [0.2, 0.25) is 0 Å². The van der Waals surface area contributed by atoms with Crippen molar-refractivity contribution in [2.24, 2.45) is 0 Å². The third-order valence-corrected chi connectivity index (χ3v) is 3.90. The number of nitrogens with one attached hydrogen (secondary N) is 1. The lowest BCUT2D eigenvalue weighted by atomic mass is 10.2. The normalized spacial score (nSPS) is 10.6. The van der Waals surface area contributed by atoms with Crippen LogP contribution in [0.3, 0.4) is 0 Å². The second kappa shape index (κ2) is 9.25. The second-order valence-corrected chi connectivity index (χ2v) is 5.87. The van der Waals surface area contributed by atoms with Gasteiger partial charge >= 0.3 is 0 Å². The van der Waals surface area contributed by atoms with Gasteiger partial charge in [0.1, 0.15) is 18.1 Å². The minimum absolute atomic E-state index is 0.221. The van der Waals surface area contributed by atoms with E-state index in [1.165, 1.54) is 6.08 Å². The van der Waals surface area contributed by atoms with Crippen LogP contribution in [0.25, 0.3) is 6.08 Å². The Morgan fingerprint density at radius 3 is 2.56 bits per heavy atom. The highest BCUT2D eigenvalue weighted by Crippen LogP contribution is 2.20. The Labute approximate surface area is 159 Å². The van der Waals surface area contributed by atoms with Crippen molar-refractivity contribution >= 4 is 17.7 Å². The summed E-state index contributed by atoms with van der Waals surface area (Å²) in [5.74, 6) is 1.20. The van der Waals surface area contributed by atoms with Gasteiger partial charge in [-0.1, -0.05) is 54.6 Å². The summed E-state index contributed by atoms with van der Waals surface area (Å²) in [4.78, 5) is 12.2. The fourth-order valence-electron chi connectivity index (χ4n) is 2.56. The molecule has 4 nitrogen and oxygen atoms in total. The van der Waals surface area contributed by atoms with Crippen molar-refractivity contribution in [1.29, 1.82) is 0 Å². The van der Waals surface area contributed by atoms with Crippen molar-refractivity contribution in [3.63, 3.8) is 0 Å². The summed E-state index contributed by atoms with van der Waals surface area (Å²) in [6.07, 6.45) is 3.21. The summed E-state index contributed by atoms with van der Waals surface area (Å²) < 4.78 is 11.1. The van der Waals surface area contributed by atoms with Crippen molar-refractivity contribution in [3.8, 4) is 11.5 Å². The maximum absolute atomic E-state index is 12.2. The molecule has 136 valence electrons. The molecule has 4 heteroatoms. The van der Waals surface area contributed by atoms with Crippen LogP contribution < -0.4 is 14.8 Å². The largest absolute Gasteiger partial charge is 0.496 e. The number of anilines is 1. The van der Waals surface area contributed by atoms with E-state index in [0.717, 1.165) is 16.9 Å². The molecule has 0 aliphatic rings. The van der Waals surface area contributed by atoms with Crippen LogP contribution in [0, 0.1) is 0 Å². The first-order valence-corrected chi connectivity index (χ1v) is 8.63. The Morgan fingerprint density at radius 2 is 1.74 bits per heavy atom. The molecule has 0 atom stereocenters. The molecular formula is C23H21NO3. The van der Waals surface area contributed by atoms with Gasteiger partial charge in [0.25, 0.3) is 0 Å². The number of amides is 1. The molecule has 0 bridgehead atoms. The van der Waals surface area contributed by atoms with E-state index in [0.29, 0.717) is 18.0 Å². The van der Waals surface area contributed by atoms with Gasteiger partial charge in [-0.2, -0.15) is 0 Å². The van der Waals surface area contributed by atoms with Gasteiger partial charge in [0.05, 0.1) is 7.11 Å². The van der Waals surface area contributed by atoms with Gasteiger partial charge in [-0.3, -0.25) is 4.79 Å². The van der Waals surface area contributed by atoms with Gasteiger partial charge in [0, 0.05) is 23.4 Å². The first kappa shape index (κ1) is 18.3. The summed E-state index contributed by atoms with van der Waals surface area (Å²) >= 11 is 0. The van der Waals surface area contributed by atoms with Crippen LogP contribution in [-0.2, 0) is 11.4 Å². The molecule has 0 saturated carbocycles. The van der Waals surface area contributed by atoms with Gasteiger partial charge in [-0.25, -0.2) is 0 Å². The highest BCUT2D eigenvalue weighted by molar-refractivity contribution is 6.02. The molecule has 0 aromatic heterocycles. The van der Waals surface area contributed by atoms with E-state index in [9.17, 15) is 4.79 Å². The van der Waals surface area contributed by atoms with E-state index in [4.69, 9.17) is 9.47 Å². The van der Waals surface area contributed by atoms with Crippen LogP contribution >= 0.6 is 0 Å². The highest BCUT2D eigenvalue weighted by Gasteiger charge is 2.02. The van der Waals surface area contributed by atoms with Crippen LogP contribution in [0.4, 0.5) is 5.69 Å². The number of hydrogen-bond donors (Lipinski definition) is 1. The molecule has 0 aliphatic heterocycles. The van der Waals surface area contributed by atoms with Gasteiger partial charge in [0.15, 0.2) is 0 Å². The van der Waals surface area contributed by atoms with Crippen LogP contribution in [0.1, 0.15) is 11.1 Å². The van der Waals surface area contributed by atoms with E-state index < -0.39 is 0 Å². The lowest BCUT2D eigenvalue weighted by Gasteiger charge is -2.08. The summed E-state index contributed by atoms with van der Waals surface area (Å²) in [5, 5.41) is 2.84. The number of hydrogen-bond acceptors (Lipinski definition) is 3. The maximum atomic E-state index is 12.2. The van der Waals surface area contributed by atoms with Crippen molar-refractivity contribution in [1.82, 2.24) is 0 Å². The molecule has 0 saturated heterocycles. The fraction of sp³-hybridized carbons (Fsp3) is 0.0870. The summed E-state index contributed by atoms with van der Waals surface area (Å²) in [5.41, 5.74) is 2.61. The van der Waals surface area contributed by atoms with Crippen molar-refractivity contribution in [3.05, 3.63) is 96.1 Å². The smallest absolute Gasteiger partial charge is 0.248 e. The predicted octanol–water partition coefficient (Wildman–Crippen LogP) is 4.93. The molecule has 0 spiro atoms. The van der Waals surface area contributed by atoms with Crippen LogP contribution in [-0.4, -0.2) is 13.0 Å². The van der Waals surface area contributed by atoms with Crippen LogP contribution in [0.15, 0.2) is 84.9 Å². The zero-order valence-electron chi connectivity index (χ0n) is 15.1. The zero-order valence-corrected chi connectivity index (χ0v) is 15.1. The number of carbonyl (C=O) groups is 1. The SMILES string of the molecule is COc1ccccc1/C=C/C(=O)Nc1cccc(OCc2ccccc2)c1. The molecule has 0 aliphatic carbocycles. The zero-order chi connectivity index (χ0) is 18.9. The standard InChI is InChI=1S/C23H21NO3/c1-26-22-13-6-5-10-19(22)14-15-23(25)24-20-11-7-12-21(16-20)27-17-18-8-3-2-4-9-18/h2-16H,17H2,1H3,(H,24,25)/b15-14+. The van der Waals surface area contributed by atoms with E-state index in [-0.39, 0.29) is 5.91 Å². The lowest BCUT2D eigenvalue weighted by molar-refractivity contribution is -0.111. The van der Waals surface area contributed by atoms with Gasteiger partial charge in [-0.05, 0) is 29.8 Å². The Bertz CT molecular complexity index is 920. The molecule has 27 heavy (non-hydrogen) atoms. The Morgan fingerprint density at radius 1 is 0.963 bits per heavy atom. The Kier molecular flexibility index (Phi) is 6.26. The number of para-hydroxylation sites is 1. The van der Waals surface area contributed by atoms with Gasteiger partial charge in [-0.15, -0.1) is 0 Å². The minimum Gasteiger partial charge on any atom is -0.496 e. The van der Waals surface area contributed by atoms with Crippen molar-refractivity contribution < 1.29 is 14.3 Å². The molecule has 0 heterocycles. The van der Waals surface area contributed by atoms with Gasteiger partial charge < -0.3 is 14.8 Å². The number of methoxy groups -OCH3 is 1. The number of carbonyl (C=O) groups excluding carboxylic acids is 1. The average molecular weight is 359 g/mol. The van der Waals surface area contributed by atoms with E-state index >= 15 is 0 Å². The molecule has 0 unspecified atom stereocenters. The van der Waals surface area contributed by atoms with E-state index in [1.54, 1.807) is 19.3 Å². The third-order valence-electron chi connectivity index (χ3n) is 3.90. The fourth-order valence-corrected chi connectivity index (χ4v) is 2.56. The van der Waals surface area contributed by atoms with Crippen molar-refractivity contribution in [2.75, 3.05) is 12.4 Å². The highest BCUT2D eigenvalue weighted by atomic mass is 16.5. The quantitative estimate of drug-likeness (QED) is 0.609. The molecule has 1 amide bonds. The van der Waals surface area contributed by atoms with Crippen molar-refractivity contribution in [2.45, 2.75) is 6.61 Å². The Hall–Kier alpha value is -3.53. The summed E-state index contributed by atoms with van der Waals surface area (Å²) in [6, 6.07) is 24.8. The Balaban J connectivity index is 1.60. The minimum atomic E-state index is -0.221. The summed E-state index contributed by atoms with van der Waals surface area (Å²) in [7, 11) is 1.60.